The minimum absolute atomic E-state index is 0.0529. The Morgan fingerprint density at radius 2 is 1.76 bits per heavy atom. The molecule has 1 unspecified atom stereocenters. The zero-order chi connectivity index (χ0) is 18.0. The van der Waals surface area contributed by atoms with E-state index in [1.54, 1.807) is 35.9 Å². The Bertz CT molecular complexity index is 852. The molecule has 6 nitrogen and oxygen atoms in total. The summed E-state index contributed by atoms with van der Waals surface area (Å²) in [5, 5.41) is 16.0. The van der Waals surface area contributed by atoms with Gasteiger partial charge >= 0.3 is 0 Å². The minimum Gasteiger partial charge on any atom is -0.467 e. The van der Waals surface area contributed by atoms with E-state index in [0.717, 1.165) is 0 Å². The summed E-state index contributed by atoms with van der Waals surface area (Å²) < 4.78 is 32.7. The largest absolute Gasteiger partial charge is 0.467 e. The summed E-state index contributed by atoms with van der Waals surface area (Å²) in [4.78, 5) is 0. The van der Waals surface area contributed by atoms with Crippen molar-refractivity contribution < 1.29 is 13.5 Å². The highest BCUT2D eigenvalue weighted by atomic mass is 35.5. The van der Waals surface area contributed by atoms with Crippen molar-refractivity contribution in [1.29, 1.82) is 0 Å². The van der Waals surface area contributed by atoms with Crippen LogP contribution in [0.2, 0.25) is 5.15 Å². The average Bonchev–Trinajstić information content (AvgIpc) is 2.98. The first-order valence-electron chi connectivity index (χ1n) is 7.42. The topological polar surface area (TPSA) is 65.7 Å². The molecule has 0 aliphatic rings. The van der Waals surface area contributed by atoms with E-state index in [9.17, 15) is 8.78 Å². The van der Waals surface area contributed by atoms with Crippen LogP contribution in [-0.2, 0) is 0 Å². The van der Waals surface area contributed by atoms with E-state index in [4.69, 9.17) is 16.3 Å². The maximum atomic E-state index is 12.7. The standard InChI is InChI=1S/C16H14ClF2N5O/c1-9-15(10(2)25-14-8-7-13(17)21-22-14)24(23-20-9)12-5-3-11(4-6-12)16(18)19/h3-8,10,16H,1-2H3. The van der Waals surface area contributed by atoms with E-state index in [1.807, 2.05) is 6.92 Å². The molecule has 9 heteroatoms. The number of alkyl halides is 2. The summed E-state index contributed by atoms with van der Waals surface area (Å²) in [5.41, 5.74) is 1.90. The van der Waals surface area contributed by atoms with Crippen LogP contribution in [0.5, 0.6) is 5.88 Å². The first-order chi connectivity index (χ1) is 12.0. The first kappa shape index (κ1) is 17.2. The molecule has 2 heterocycles. The number of halogens is 3. The molecular weight excluding hydrogens is 352 g/mol. The summed E-state index contributed by atoms with van der Waals surface area (Å²) >= 11 is 5.71. The van der Waals surface area contributed by atoms with Gasteiger partial charge in [0.1, 0.15) is 11.8 Å². The molecule has 1 atom stereocenters. The van der Waals surface area contributed by atoms with Gasteiger partial charge in [0, 0.05) is 11.6 Å². The fourth-order valence-corrected chi connectivity index (χ4v) is 2.49. The molecule has 0 saturated carbocycles. The molecular formula is C16H14ClF2N5O. The van der Waals surface area contributed by atoms with Crippen molar-refractivity contribution in [2.45, 2.75) is 26.4 Å². The molecule has 3 rings (SSSR count). The van der Waals surface area contributed by atoms with Crippen LogP contribution in [0.15, 0.2) is 36.4 Å². The van der Waals surface area contributed by atoms with Gasteiger partial charge in [-0.25, -0.2) is 13.5 Å². The van der Waals surface area contributed by atoms with Crippen molar-refractivity contribution in [1.82, 2.24) is 25.2 Å². The Hall–Kier alpha value is -2.61. The Balaban J connectivity index is 1.89. The van der Waals surface area contributed by atoms with Crippen LogP contribution < -0.4 is 4.74 Å². The lowest BCUT2D eigenvalue weighted by Crippen LogP contribution is -2.12. The van der Waals surface area contributed by atoms with Gasteiger partial charge in [-0.1, -0.05) is 28.9 Å². The summed E-state index contributed by atoms with van der Waals surface area (Å²) in [6.45, 7) is 3.60. The molecule has 0 spiro atoms. The van der Waals surface area contributed by atoms with Crippen LogP contribution >= 0.6 is 11.6 Å². The van der Waals surface area contributed by atoms with Crippen molar-refractivity contribution in [2.24, 2.45) is 0 Å². The predicted octanol–water partition coefficient (Wildman–Crippen LogP) is 4.10. The summed E-state index contributed by atoms with van der Waals surface area (Å²) in [7, 11) is 0. The van der Waals surface area contributed by atoms with Gasteiger partial charge in [-0.3, -0.25) is 0 Å². The zero-order valence-electron chi connectivity index (χ0n) is 13.4. The maximum Gasteiger partial charge on any atom is 0.263 e. The molecule has 0 N–H and O–H groups in total. The molecule has 2 aromatic heterocycles. The van der Waals surface area contributed by atoms with Gasteiger partial charge in [-0.05, 0) is 32.0 Å². The molecule has 0 bridgehead atoms. The van der Waals surface area contributed by atoms with Gasteiger partial charge < -0.3 is 4.74 Å². The lowest BCUT2D eigenvalue weighted by molar-refractivity contribution is 0.151. The number of aromatic nitrogens is 5. The SMILES string of the molecule is Cc1nnn(-c2ccc(C(F)F)cc2)c1C(C)Oc1ccc(Cl)nn1. The van der Waals surface area contributed by atoms with Gasteiger partial charge in [0.2, 0.25) is 5.88 Å². The first-order valence-corrected chi connectivity index (χ1v) is 7.80. The number of ether oxygens (including phenoxy) is 1. The molecule has 25 heavy (non-hydrogen) atoms. The fourth-order valence-electron chi connectivity index (χ4n) is 2.39. The van der Waals surface area contributed by atoms with E-state index < -0.39 is 12.5 Å². The summed E-state index contributed by atoms with van der Waals surface area (Å²) in [6, 6.07) is 9.02. The second kappa shape index (κ2) is 7.10. The van der Waals surface area contributed by atoms with Gasteiger partial charge in [0.25, 0.3) is 6.43 Å². The molecule has 1 aromatic carbocycles. The van der Waals surface area contributed by atoms with Crippen LogP contribution in [0.25, 0.3) is 5.69 Å². The van der Waals surface area contributed by atoms with Crippen LogP contribution in [0.4, 0.5) is 8.78 Å². The monoisotopic (exact) mass is 365 g/mol. The normalized spacial score (nSPS) is 12.4. The lowest BCUT2D eigenvalue weighted by atomic mass is 10.2. The zero-order valence-corrected chi connectivity index (χ0v) is 14.2. The molecule has 3 aromatic rings. The summed E-state index contributed by atoms with van der Waals surface area (Å²) in [5.74, 6) is 0.303. The number of hydrogen-bond acceptors (Lipinski definition) is 5. The molecule has 0 aliphatic carbocycles. The van der Waals surface area contributed by atoms with Crippen LogP contribution in [0.1, 0.15) is 36.4 Å². The second-order valence-electron chi connectivity index (χ2n) is 5.32. The van der Waals surface area contributed by atoms with Crippen molar-refractivity contribution in [2.75, 3.05) is 0 Å². The number of nitrogens with zero attached hydrogens (tertiary/aromatic N) is 5. The Morgan fingerprint density at radius 3 is 2.36 bits per heavy atom. The lowest BCUT2D eigenvalue weighted by Gasteiger charge is -2.16. The average molecular weight is 366 g/mol. The van der Waals surface area contributed by atoms with Gasteiger partial charge in [0.15, 0.2) is 5.15 Å². The highest BCUT2D eigenvalue weighted by Gasteiger charge is 2.20. The third-order valence-electron chi connectivity index (χ3n) is 3.56. The molecule has 0 radical (unpaired) electrons. The Kier molecular flexibility index (Phi) is 4.89. The Labute approximate surface area is 147 Å². The number of rotatable bonds is 5. The fraction of sp³-hybridized carbons (Fsp3) is 0.250. The second-order valence-corrected chi connectivity index (χ2v) is 5.71. The predicted molar refractivity (Wildman–Crippen MR) is 87.1 cm³/mol. The van der Waals surface area contributed by atoms with E-state index in [0.29, 0.717) is 23.0 Å². The maximum absolute atomic E-state index is 12.7. The Morgan fingerprint density at radius 1 is 1.04 bits per heavy atom. The minimum atomic E-state index is -2.52. The number of aryl methyl sites for hydroxylation is 1. The number of hydrogen-bond donors (Lipinski definition) is 0. The highest BCUT2D eigenvalue weighted by molar-refractivity contribution is 6.29. The highest BCUT2D eigenvalue weighted by Crippen LogP contribution is 2.25. The molecule has 0 saturated heterocycles. The van der Waals surface area contributed by atoms with Crippen LogP contribution in [-0.4, -0.2) is 25.2 Å². The van der Waals surface area contributed by atoms with Crippen LogP contribution in [0.3, 0.4) is 0 Å². The third kappa shape index (κ3) is 3.74. The smallest absolute Gasteiger partial charge is 0.263 e. The quantitative estimate of drug-likeness (QED) is 0.681. The van der Waals surface area contributed by atoms with Crippen molar-refractivity contribution in [3.63, 3.8) is 0 Å². The van der Waals surface area contributed by atoms with E-state index in [-0.39, 0.29) is 10.7 Å². The number of benzene rings is 1. The molecule has 0 amide bonds. The van der Waals surface area contributed by atoms with Crippen LogP contribution in [0, 0.1) is 6.92 Å². The van der Waals surface area contributed by atoms with Gasteiger partial charge in [-0.2, -0.15) is 0 Å². The molecule has 130 valence electrons. The van der Waals surface area contributed by atoms with Gasteiger partial charge in [0.05, 0.1) is 11.4 Å². The van der Waals surface area contributed by atoms with Gasteiger partial charge in [-0.15, -0.1) is 15.3 Å². The van der Waals surface area contributed by atoms with Crippen molar-refractivity contribution in [3.05, 3.63) is 58.5 Å². The van der Waals surface area contributed by atoms with Crippen molar-refractivity contribution >= 4 is 11.6 Å². The van der Waals surface area contributed by atoms with Crippen molar-refractivity contribution in [3.8, 4) is 11.6 Å². The molecule has 0 fully saturated rings. The van der Waals surface area contributed by atoms with E-state index in [2.05, 4.69) is 20.5 Å². The summed E-state index contributed by atoms with van der Waals surface area (Å²) in [6.07, 6.45) is -2.96. The molecule has 0 aliphatic heterocycles. The van der Waals surface area contributed by atoms with E-state index >= 15 is 0 Å². The third-order valence-corrected chi connectivity index (χ3v) is 3.76. The van der Waals surface area contributed by atoms with E-state index in [1.165, 1.54) is 12.1 Å².